The zero-order chi connectivity index (χ0) is 24.1. The molecule has 0 saturated carbocycles. The van der Waals surface area contributed by atoms with E-state index in [1.54, 1.807) is 11.1 Å². The lowest BCUT2D eigenvalue weighted by atomic mass is 10.1. The largest absolute Gasteiger partial charge is 0.356 e. The number of nitrogens with one attached hydrogen (secondary N) is 2. The van der Waals surface area contributed by atoms with Gasteiger partial charge in [0, 0.05) is 32.8 Å². The maximum absolute atomic E-state index is 13.6. The number of carbonyl (C=O) groups is 2. The van der Waals surface area contributed by atoms with Crippen molar-refractivity contribution in [3.8, 4) is 0 Å². The minimum atomic E-state index is -0.435. The monoisotopic (exact) mass is 473 g/mol. The Hall–Kier alpha value is -3.21. The van der Waals surface area contributed by atoms with Crippen molar-refractivity contribution in [3.63, 3.8) is 0 Å². The molecule has 0 aliphatic carbocycles. The minimum Gasteiger partial charge on any atom is -0.356 e. The number of amides is 2. The van der Waals surface area contributed by atoms with Gasteiger partial charge in [0.15, 0.2) is 11.3 Å². The maximum Gasteiger partial charge on any atom is 0.274 e. The zero-order valence-corrected chi connectivity index (χ0v) is 20.2. The van der Waals surface area contributed by atoms with Crippen molar-refractivity contribution in [2.24, 2.45) is 5.92 Å². The normalized spacial score (nSPS) is 12.9. The second-order valence-corrected chi connectivity index (χ2v) is 9.17. The summed E-state index contributed by atoms with van der Waals surface area (Å²) in [5.41, 5.74) is 1.33. The van der Waals surface area contributed by atoms with Crippen molar-refractivity contribution < 1.29 is 14.0 Å². The number of carbonyl (C=O) groups excluding carboxylic acids is 2. The van der Waals surface area contributed by atoms with Crippen LogP contribution in [0, 0.1) is 18.7 Å². The molecule has 11 heteroatoms. The number of aromatic nitrogens is 4. The second-order valence-electron chi connectivity index (χ2n) is 7.97. The number of aryl methyl sites for hydroxylation is 1. The summed E-state index contributed by atoms with van der Waals surface area (Å²) >= 11 is 1.37. The number of nitrogens with zero attached hydrogens (tertiary/aromatic N) is 5. The third kappa shape index (κ3) is 6.19. The number of hydrogen-bond acceptors (Lipinski definition) is 8. The van der Waals surface area contributed by atoms with E-state index in [9.17, 15) is 14.0 Å². The van der Waals surface area contributed by atoms with Crippen LogP contribution >= 0.6 is 11.3 Å². The fourth-order valence-electron chi connectivity index (χ4n) is 3.34. The maximum atomic E-state index is 13.6. The molecule has 0 aliphatic rings. The summed E-state index contributed by atoms with van der Waals surface area (Å²) in [6.07, 6.45) is 2.70. The van der Waals surface area contributed by atoms with E-state index in [0.717, 1.165) is 11.2 Å². The van der Waals surface area contributed by atoms with Gasteiger partial charge >= 0.3 is 0 Å². The first kappa shape index (κ1) is 24.4. The van der Waals surface area contributed by atoms with E-state index in [0.29, 0.717) is 35.5 Å². The van der Waals surface area contributed by atoms with Crippen LogP contribution in [0.2, 0.25) is 0 Å². The van der Waals surface area contributed by atoms with Crippen molar-refractivity contribution in [2.45, 2.75) is 40.7 Å². The van der Waals surface area contributed by atoms with Gasteiger partial charge in [0.25, 0.3) is 5.91 Å². The van der Waals surface area contributed by atoms with E-state index >= 15 is 0 Å². The molecule has 0 aliphatic heterocycles. The van der Waals surface area contributed by atoms with E-state index in [1.807, 2.05) is 27.7 Å². The second kappa shape index (κ2) is 10.6. The molecular formula is C22H28FN7O2S. The van der Waals surface area contributed by atoms with Crippen molar-refractivity contribution in [1.82, 2.24) is 30.2 Å². The molecule has 3 rings (SSSR count). The highest BCUT2D eigenvalue weighted by atomic mass is 32.1. The van der Waals surface area contributed by atoms with Gasteiger partial charge in [-0.2, -0.15) is 4.98 Å². The van der Waals surface area contributed by atoms with Crippen LogP contribution < -0.4 is 10.6 Å². The number of pyridine rings is 1. The Bertz CT molecular complexity index is 1150. The summed E-state index contributed by atoms with van der Waals surface area (Å²) in [7, 11) is 0. The van der Waals surface area contributed by atoms with Crippen molar-refractivity contribution >= 4 is 39.4 Å². The van der Waals surface area contributed by atoms with Gasteiger partial charge in [-0.25, -0.2) is 14.4 Å². The molecule has 0 bridgehead atoms. The summed E-state index contributed by atoms with van der Waals surface area (Å²) in [5.74, 6) is -0.472. The van der Waals surface area contributed by atoms with Crippen molar-refractivity contribution in [1.29, 1.82) is 0 Å². The zero-order valence-electron chi connectivity index (χ0n) is 19.3. The Balaban J connectivity index is 1.89. The highest BCUT2D eigenvalue weighted by molar-refractivity contribution is 7.18. The van der Waals surface area contributed by atoms with Crippen LogP contribution in [0.3, 0.4) is 0 Å². The molecule has 1 unspecified atom stereocenters. The molecule has 33 heavy (non-hydrogen) atoms. The predicted octanol–water partition coefficient (Wildman–Crippen LogP) is 3.34. The molecule has 2 N–H and O–H groups in total. The minimum absolute atomic E-state index is 0.0661. The number of halogens is 1. The molecule has 0 radical (unpaired) electrons. The topological polar surface area (TPSA) is 113 Å². The van der Waals surface area contributed by atoms with Gasteiger partial charge in [-0.05, 0) is 38.3 Å². The molecule has 0 saturated heterocycles. The Morgan fingerprint density at radius 1 is 1.21 bits per heavy atom. The van der Waals surface area contributed by atoms with E-state index in [-0.39, 0.29) is 35.4 Å². The van der Waals surface area contributed by atoms with Gasteiger partial charge in [-0.1, -0.05) is 6.92 Å². The first-order valence-electron chi connectivity index (χ1n) is 10.7. The molecule has 0 aromatic carbocycles. The van der Waals surface area contributed by atoms with E-state index < -0.39 is 5.82 Å². The quantitative estimate of drug-likeness (QED) is 0.490. The number of thiazole rings is 1. The number of fused-ring (bicyclic) bond motifs is 1. The first-order valence-corrected chi connectivity index (χ1v) is 11.5. The molecule has 9 nitrogen and oxygen atoms in total. The van der Waals surface area contributed by atoms with Crippen LogP contribution in [0.5, 0.6) is 0 Å². The predicted molar refractivity (Wildman–Crippen MR) is 126 cm³/mol. The van der Waals surface area contributed by atoms with E-state index in [1.165, 1.54) is 24.3 Å². The molecule has 2 atom stereocenters. The van der Waals surface area contributed by atoms with Gasteiger partial charge in [0.05, 0.1) is 17.2 Å². The smallest absolute Gasteiger partial charge is 0.274 e. The van der Waals surface area contributed by atoms with Crippen LogP contribution in [0.1, 0.15) is 54.8 Å². The van der Waals surface area contributed by atoms with Gasteiger partial charge in [-0.3, -0.25) is 14.6 Å². The molecule has 3 aromatic rings. The van der Waals surface area contributed by atoms with Crippen LogP contribution in [0.15, 0.2) is 18.5 Å². The summed E-state index contributed by atoms with van der Waals surface area (Å²) in [6, 6.07) is 1.05. The van der Waals surface area contributed by atoms with Crippen LogP contribution in [-0.2, 0) is 4.79 Å². The third-order valence-electron chi connectivity index (χ3n) is 5.04. The SMILES string of the molecule is CCN(C[C@@H](C)CNC(C)=O)C(=O)c1nc(NC(C)c2cncc(F)c2)nc2nc(C)sc12. The third-order valence-corrected chi connectivity index (χ3v) is 6.00. The molecule has 0 spiro atoms. The lowest BCUT2D eigenvalue weighted by Gasteiger charge is -2.25. The fourth-order valence-corrected chi connectivity index (χ4v) is 4.18. The Morgan fingerprint density at radius 3 is 2.64 bits per heavy atom. The van der Waals surface area contributed by atoms with Gasteiger partial charge in [0.1, 0.15) is 10.5 Å². The van der Waals surface area contributed by atoms with Gasteiger partial charge < -0.3 is 15.5 Å². The Kier molecular flexibility index (Phi) is 7.85. The van der Waals surface area contributed by atoms with Crippen LogP contribution in [-0.4, -0.2) is 56.3 Å². The molecule has 2 amide bonds. The lowest BCUT2D eigenvalue weighted by molar-refractivity contribution is -0.119. The number of anilines is 1. The van der Waals surface area contributed by atoms with Crippen LogP contribution in [0.4, 0.5) is 10.3 Å². The Labute approximate surface area is 195 Å². The number of hydrogen-bond donors (Lipinski definition) is 2. The van der Waals surface area contributed by atoms with Crippen molar-refractivity contribution in [2.75, 3.05) is 25.0 Å². The summed E-state index contributed by atoms with van der Waals surface area (Å²) < 4.78 is 14.2. The Morgan fingerprint density at radius 2 is 1.97 bits per heavy atom. The lowest BCUT2D eigenvalue weighted by Crippen LogP contribution is -2.38. The average molecular weight is 474 g/mol. The van der Waals surface area contributed by atoms with Crippen LogP contribution in [0.25, 0.3) is 10.3 Å². The van der Waals surface area contributed by atoms with E-state index in [2.05, 4.69) is 30.6 Å². The summed E-state index contributed by atoms with van der Waals surface area (Å²) in [5, 5.41) is 6.69. The molecule has 0 fully saturated rings. The van der Waals surface area contributed by atoms with Gasteiger partial charge in [-0.15, -0.1) is 11.3 Å². The summed E-state index contributed by atoms with van der Waals surface area (Å²) in [4.78, 5) is 43.7. The highest BCUT2D eigenvalue weighted by Crippen LogP contribution is 2.27. The molecular weight excluding hydrogens is 445 g/mol. The highest BCUT2D eigenvalue weighted by Gasteiger charge is 2.24. The standard InChI is InChI=1S/C22H28FN7O2S/c1-6-30(11-12(2)8-25-14(4)31)21(32)18-19-20(27-15(5)33-19)29-22(28-18)26-13(3)16-7-17(23)10-24-9-16/h7,9-10,12-13H,6,8,11H2,1-5H3,(H,25,31)(H,26,28,29)/t12-,13?/m0/s1. The number of rotatable bonds is 9. The average Bonchev–Trinajstić information content (AvgIpc) is 3.15. The molecule has 3 aromatic heterocycles. The van der Waals surface area contributed by atoms with E-state index in [4.69, 9.17) is 0 Å². The van der Waals surface area contributed by atoms with Crippen molar-refractivity contribution in [3.05, 3.63) is 40.5 Å². The summed E-state index contributed by atoms with van der Waals surface area (Å²) in [6.45, 7) is 10.4. The molecule has 3 heterocycles. The first-order chi connectivity index (χ1) is 15.7. The molecule has 176 valence electrons. The fraction of sp³-hybridized carbons (Fsp3) is 0.455. The van der Waals surface area contributed by atoms with Gasteiger partial charge in [0.2, 0.25) is 11.9 Å².